The molecule has 5 heterocycles. The number of Topliss-reactive ketones (excluding diaryl/α,β-unsaturated/α-hetero) is 2. The van der Waals surface area contributed by atoms with Crippen LogP contribution in [0.5, 0.6) is 23.0 Å². The molecule has 0 radical (unpaired) electrons. The highest BCUT2D eigenvalue weighted by Gasteiger charge is 2.48. The minimum atomic E-state index is -1.45. The number of fused-ring (bicyclic) bond motifs is 4. The summed E-state index contributed by atoms with van der Waals surface area (Å²) in [5.74, 6) is -1.82. The molecule has 2 unspecified atom stereocenters. The molecule has 104 heavy (non-hydrogen) atoms. The standard InChI is InChI=1S/C74H103N7O23/c1-48(2)55(40-54(82)16-23-94-25-27-96-29-31-98-33-35-100-37-38-101-36-34-99-32-30-97-28-26-95-24-17-75-67(84)15-20-80-68(85)43-56(49(3)4)70(80)87)69(86)77-50(5)62(83)39-51-9-11-52(12-10-51)47-104-74(91)81-61-45-66(64(93-7)42-58(61)72(89)79-19-14-60(79)73(81)90)103-22-8-21-102-65-44-59-57(41-63(65)92-6)71(88)78-18-13-53(78)46-76-59/h9-12,41-42,44-46,48-50,53,55-56,60,73,90H,8,13-40,43,47H2,1-7H3,(H,75,84)(H,77,86)/t50-,53-,55-,56?,60-,73?/m0/s1. The summed E-state index contributed by atoms with van der Waals surface area (Å²) in [4.78, 5) is 128. The molecule has 3 N–H and O–H groups in total. The zero-order valence-electron chi connectivity index (χ0n) is 60.9. The first kappa shape index (κ1) is 81.5. The lowest BCUT2D eigenvalue weighted by molar-refractivity contribution is -0.140. The fourth-order valence-corrected chi connectivity index (χ4v) is 12.1. The van der Waals surface area contributed by atoms with Crippen molar-refractivity contribution in [2.24, 2.45) is 28.7 Å². The number of anilines is 1. The Hall–Kier alpha value is -8.20. The van der Waals surface area contributed by atoms with Crippen molar-refractivity contribution < 1.29 is 110 Å². The minimum Gasteiger partial charge on any atom is -0.493 e. The highest BCUT2D eigenvalue weighted by Crippen LogP contribution is 2.43. The first-order valence-corrected chi connectivity index (χ1v) is 35.9. The summed E-state index contributed by atoms with van der Waals surface area (Å²) >= 11 is 0. The average molecular weight is 1460 g/mol. The van der Waals surface area contributed by atoms with Gasteiger partial charge < -0.3 is 87.1 Å². The quantitative estimate of drug-likeness (QED) is 0.0490. The van der Waals surface area contributed by atoms with E-state index in [-0.39, 0.29) is 153 Å². The maximum atomic E-state index is 14.1. The number of nitrogens with one attached hydrogen (secondary N) is 2. The van der Waals surface area contributed by atoms with E-state index in [9.17, 15) is 48.3 Å². The van der Waals surface area contributed by atoms with Gasteiger partial charge in [0, 0.05) is 94.9 Å². The van der Waals surface area contributed by atoms with E-state index in [1.54, 1.807) is 54.4 Å². The normalized spacial score (nSPS) is 18.0. The number of carbonyl (C=O) groups is 9. The summed E-state index contributed by atoms with van der Waals surface area (Å²) < 4.78 is 73.5. The third kappa shape index (κ3) is 23.7. The van der Waals surface area contributed by atoms with E-state index in [1.165, 1.54) is 36.2 Å². The molecule has 8 rings (SSSR count). The number of aliphatic hydroxyl groups excluding tert-OH is 1. The Kier molecular flexibility index (Phi) is 33.0. The van der Waals surface area contributed by atoms with Crippen LogP contribution in [0.2, 0.25) is 0 Å². The molecule has 5 aliphatic rings. The van der Waals surface area contributed by atoms with Gasteiger partial charge in [0.1, 0.15) is 12.4 Å². The number of nitrogens with zero attached hydrogens (tertiary/aromatic N) is 5. The van der Waals surface area contributed by atoms with Crippen molar-refractivity contribution >= 4 is 70.7 Å². The first-order chi connectivity index (χ1) is 50.3. The van der Waals surface area contributed by atoms with Gasteiger partial charge in [0.15, 0.2) is 35.0 Å². The van der Waals surface area contributed by atoms with Gasteiger partial charge in [0.2, 0.25) is 23.6 Å². The van der Waals surface area contributed by atoms with Gasteiger partial charge in [-0.2, -0.15) is 0 Å². The smallest absolute Gasteiger partial charge is 0.416 e. The molecule has 3 fully saturated rings. The number of methoxy groups -OCH3 is 2. The second kappa shape index (κ2) is 42.1. The molecule has 0 aromatic heterocycles. The number of amides is 7. The van der Waals surface area contributed by atoms with Gasteiger partial charge in [-0.15, -0.1) is 0 Å². The van der Waals surface area contributed by atoms with Crippen LogP contribution in [-0.4, -0.2) is 263 Å². The van der Waals surface area contributed by atoms with E-state index < -0.39 is 42.1 Å². The van der Waals surface area contributed by atoms with Crippen LogP contribution in [-0.2, 0) is 84.4 Å². The molecule has 5 aliphatic heterocycles. The number of aliphatic hydroxyl groups is 1. The second-order valence-corrected chi connectivity index (χ2v) is 26.4. The van der Waals surface area contributed by atoms with Crippen molar-refractivity contribution in [3.63, 3.8) is 0 Å². The van der Waals surface area contributed by atoms with E-state index in [0.717, 1.165) is 11.3 Å². The molecule has 7 amide bonds. The number of rotatable bonds is 49. The third-order valence-corrected chi connectivity index (χ3v) is 18.5. The molecule has 30 heteroatoms. The fourth-order valence-electron chi connectivity index (χ4n) is 12.1. The highest BCUT2D eigenvalue weighted by molar-refractivity contribution is 6.07. The maximum absolute atomic E-state index is 14.1. The number of ether oxygens (including phenoxy) is 13. The number of imide groups is 1. The summed E-state index contributed by atoms with van der Waals surface area (Å²) in [6.45, 7) is 16.4. The predicted molar refractivity (Wildman–Crippen MR) is 376 cm³/mol. The molecule has 0 spiro atoms. The van der Waals surface area contributed by atoms with Gasteiger partial charge in [0.05, 0.1) is 174 Å². The predicted octanol–water partition coefficient (Wildman–Crippen LogP) is 5.08. The van der Waals surface area contributed by atoms with Gasteiger partial charge >= 0.3 is 6.09 Å². The van der Waals surface area contributed by atoms with Gasteiger partial charge in [-0.05, 0) is 54.9 Å². The minimum absolute atomic E-state index is 0.00875. The van der Waals surface area contributed by atoms with E-state index in [2.05, 4.69) is 15.6 Å². The molecular weight excluding hydrogens is 1350 g/mol. The van der Waals surface area contributed by atoms with Crippen molar-refractivity contribution in [2.75, 3.05) is 164 Å². The summed E-state index contributed by atoms with van der Waals surface area (Å²) in [5, 5.41) is 17.2. The van der Waals surface area contributed by atoms with Gasteiger partial charge in [-0.3, -0.25) is 48.2 Å². The molecule has 30 nitrogen and oxygen atoms in total. The Bertz CT molecular complexity index is 3390. The lowest BCUT2D eigenvalue weighted by Gasteiger charge is -2.43. The largest absolute Gasteiger partial charge is 0.493 e. The van der Waals surface area contributed by atoms with Crippen LogP contribution in [0.4, 0.5) is 16.2 Å². The van der Waals surface area contributed by atoms with Crippen molar-refractivity contribution in [1.29, 1.82) is 0 Å². The Labute approximate surface area is 607 Å². The second-order valence-electron chi connectivity index (χ2n) is 26.4. The molecule has 6 atom stereocenters. The first-order valence-electron chi connectivity index (χ1n) is 35.9. The number of carbonyl (C=O) groups excluding carboxylic acids is 9. The van der Waals surface area contributed by atoms with Crippen LogP contribution in [0.1, 0.15) is 111 Å². The van der Waals surface area contributed by atoms with Gasteiger partial charge in [-0.25, -0.2) is 9.69 Å². The Morgan fingerprint density at radius 3 is 1.68 bits per heavy atom. The lowest BCUT2D eigenvalue weighted by Crippen LogP contribution is -2.60. The van der Waals surface area contributed by atoms with Crippen LogP contribution in [0.15, 0.2) is 53.5 Å². The number of hydrogen-bond donors (Lipinski definition) is 3. The molecule has 572 valence electrons. The average Bonchev–Trinajstić information content (AvgIpc) is 1.59. The topological polar surface area (TPSA) is 343 Å². The zero-order valence-corrected chi connectivity index (χ0v) is 60.9. The summed E-state index contributed by atoms with van der Waals surface area (Å²) in [7, 11) is 2.93. The van der Waals surface area contributed by atoms with E-state index in [1.807, 2.05) is 27.7 Å². The third-order valence-electron chi connectivity index (χ3n) is 18.5. The Morgan fingerprint density at radius 1 is 0.615 bits per heavy atom. The fraction of sp³-hybridized carbons (Fsp3) is 0.622. The van der Waals surface area contributed by atoms with Crippen molar-refractivity contribution in [1.82, 2.24) is 25.3 Å². The molecule has 3 aromatic carbocycles. The van der Waals surface area contributed by atoms with Crippen LogP contribution >= 0.6 is 0 Å². The molecule has 0 saturated carbocycles. The van der Waals surface area contributed by atoms with E-state index in [0.29, 0.717) is 159 Å². The van der Waals surface area contributed by atoms with Crippen molar-refractivity contribution in [3.8, 4) is 23.0 Å². The van der Waals surface area contributed by atoms with Crippen molar-refractivity contribution in [3.05, 3.63) is 70.8 Å². The number of ketones is 2. The monoisotopic (exact) mass is 1460 g/mol. The molecule has 0 aliphatic carbocycles. The summed E-state index contributed by atoms with van der Waals surface area (Å²) in [6, 6.07) is 11.6. The number of aliphatic imine (C=N–C) groups is 1. The number of benzene rings is 3. The van der Waals surface area contributed by atoms with Gasteiger partial charge in [0.25, 0.3) is 11.8 Å². The van der Waals surface area contributed by atoms with Crippen LogP contribution in [0.3, 0.4) is 0 Å². The van der Waals surface area contributed by atoms with E-state index in [4.69, 9.17) is 61.6 Å². The SMILES string of the molecule is COc1cc2c(cc1OCCCOc1cc3c(cc1OC)C(=O)N1CC[C@H]1C(O)N3C(=O)OCc1ccc(CC(=O)[C@H](C)NC(=O)[C@@H](CC(=O)CCOCCOCCOCCOCCOCCOCCOCCOCCNC(=O)CCN3C(=O)CC(C(C)C)C3=O)C(C)C)cc1)N=C[C@@H]1CCN1C2=O. The highest BCUT2D eigenvalue weighted by atomic mass is 16.6. The summed E-state index contributed by atoms with van der Waals surface area (Å²) in [6.07, 6.45) is 1.44. The van der Waals surface area contributed by atoms with Crippen LogP contribution in [0, 0.1) is 23.7 Å². The lowest BCUT2D eigenvalue weighted by atomic mass is 9.88. The molecule has 0 bridgehead atoms. The Balaban J connectivity index is 0.624. The molecule has 3 aromatic rings. The zero-order chi connectivity index (χ0) is 74.5. The van der Waals surface area contributed by atoms with Gasteiger partial charge in [-0.1, -0.05) is 52.0 Å². The maximum Gasteiger partial charge on any atom is 0.416 e. The van der Waals surface area contributed by atoms with Crippen LogP contribution < -0.4 is 34.5 Å². The van der Waals surface area contributed by atoms with Crippen LogP contribution in [0.25, 0.3) is 0 Å². The number of hydrogen-bond acceptors (Lipinski definition) is 24. The molecule has 3 saturated heterocycles. The summed E-state index contributed by atoms with van der Waals surface area (Å²) in [5.41, 5.74) is 2.34. The number of likely N-dealkylation sites (tertiary alicyclic amines) is 1. The Morgan fingerprint density at radius 2 is 1.15 bits per heavy atom. The van der Waals surface area contributed by atoms with Crippen molar-refractivity contribution in [2.45, 2.75) is 117 Å². The molecular formula is C74H103N7O23. The van der Waals surface area contributed by atoms with E-state index >= 15 is 0 Å².